The van der Waals surface area contributed by atoms with Crippen molar-refractivity contribution in [2.45, 2.75) is 20.5 Å². The number of nitrogens with zero attached hydrogens (tertiary/aromatic N) is 2. The summed E-state index contributed by atoms with van der Waals surface area (Å²) in [6.45, 7) is 6.42. The maximum absolute atomic E-state index is 12.4. The fraction of sp³-hybridized carbons (Fsp3) is 0.381. The van der Waals surface area contributed by atoms with Gasteiger partial charge < -0.3 is 19.9 Å². The molecule has 0 aromatic heterocycles. The monoisotopic (exact) mass is 389 g/mol. The Hall–Kier alpha value is -2.67. The molecule has 5 nitrogen and oxygen atoms in total. The predicted octanol–water partition coefficient (Wildman–Crippen LogP) is 3.99. The molecule has 1 aliphatic heterocycles. The highest BCUT2D eigenvalue weighted by Gasteiger charge is 2.17. The van der Waals surface area contributed by atoms with Crippen LogP contribution in [0.5, 0.6) is 5.75 Å². The number of carbonyl (C=O) groups is 1. The number of aryl methyl sites for hydroxylation is 1. The molecule has 3 rings (SSSR count). The minimum absolute atomic E-state index is 0.0234. The van der Waals surface area contributed by atoms with Crippen LogP contribution in [0, 0.1) is 6.92 Å². The summed E-state index contributed by atoms with van der Waals surface area (Å²) in [5.41, 5.74) is 3.23. The zero-order chi connectivity index (χ0) is 20.1. The number of hydrogen-bond donors (Lipinski definition) is 1. The van der Waals surface area contributed by atoms with Crippen LogP contribution in [-0.2, 0) is 0 Å². The molecule has 1 aliphatic rings. The first-order valence-electron chi connectivity index (χ1n) is 9.40. The van der Waals surface area contributed by atoms with Gasteiger partial charge in [0.05, 0.1) is 0 Å². The molecule has 1 fully saturated rings. The smallest absolute Gasteiger partial charge is 0.387 e. The van der Waals surface area contributed by atoms with E-state index in [0.717, 1.165) is 49.7 Å². The van der Waals surface area contributed by atoms with Crippen molar-refractivity contribution in [1.82, 2.24) is 4.90 Å². The Morgan fingerprint density at radius 3 is 2.36 bits per heavy atom. The average Bonchev–Trinajstić information content (AvgIpc) is 2.69. The zero-order valence-corrected chi connectivity index (χ0v) is 16.1. The number of nitrogens with one attached hydrogen (secondary N) is 1. The predicted molar refractivity (Wildman–Crippen MR) is 107 cm³/mol. The van der Waals surface area contributed by atoms with Crippen molar-refractivity contribution < 1.29 is 18.3 Å². The Balaban J connectivity index is 1.63. The Morgan fingerprint density at radius 2 is 1.79 bits per heavy atom. The van der Waals surface area contributed by atoms with Crippen LogP contribution in [-0.4, -0.2) is 50.1 Å². The van der Waals surface area contributed by atoms with Crippen molar-refractivity contribution in [1.29, 1.82) is 0 Å². The van der Waals surface area contributed by atoms with Crippen LogP contribution in [0.1, 0.15) is 22.8 Å². The van der Waals surface area contributed by atoms with E-state index < -0.39 is 6.61 Å². The Morgan fingerprint density at radius 1 is 1.11 bits per heavy atom. The van der Waals surface area contributed by atoms with Gasteiger partial charge in [0.25, 0.3) is 5.91 Å². The topological polar surface area (TPSA) is 44.8 Å². The summed E-state index contributed by atoms with van der Waals surface area (Å²) in [4.78, 5) is 17.2. The third kappa shape index (κ3) is 4.98. The Bertz CT molecular complexity index is 804. The van der Waals surface area contributed by atoms with Gasteiger partial charge in [0.15, 0.2) is 0 Å². The summed E-state index contributed by atoms with van der Waals surface area (Å²) in [5.74, 6) is -0.272. The number of ether oxygens (including phenoxy) is 1. The van der Waals surface area contributed by atoms with E-state index in [1.165, 1.54) is 24.3 Å². The number of hydrogen-bond acceptors (Lipinski definition) is 4. The molecule has 2 aromatic rings. The normalized spacial score (nSPS) is 15.0. The minimum atomic E-state index is -2.88. The summed E-state index contributed by atoms with van der Waals surface area (Å²) in [7, 11) is 0. The molecule has 1 saturated heterocycles. The van der Waals surface area contributed by atoms with Crippen LogP contribution >= 0.6 is 0 Å². The molecule has 0 spiro atoms. The quantitative estimate of drug-likeness (QED) is 0.811. The zero-order valence-electron chi connectivity index (χ0n) is 16.1. The van der Waals surface area contributed by atoms with E-state index in [1.807, 2.05) is 19.1 Å². The highest BCUT2D eigenvalue weighted by atomic mass is 19.3. The van der Waals surface area contributed by atoms with Crippen molar-refractivity contribution in [3.8, 4) is 5.75 Å². The van der Waals surface area contributed by atoms with Crippen LogP contribution < -0.4 is 15.0 Å². The Labute approximate surface area is 163 Å². The van der Waals surface area contributed by atoms with Crippen LogP contribution in [0.3, 0.4) is 0 Å². The highest BCUT2D eigenvalue weighted by Crippen LogP contribution is 2.24. The molecule has 1 amide bonds. The van der Waals surface area contributed by atoms with Crippen LogP contribution in [0.25, 0.3) is 0 Å². The molecule has 0 bridgehead atoms. The van der Waals surface area contributed by atoms with Gasteiger partial charge in [-0.3, -0.25) is 4.79 Å². The second kappa shape index (κ2) is 9.01. The molecule has 0 saturated carbocycles. The largest absolute Gasteiger partial charge is 0.435 e. The fourth-order valence-corrected chi connectivity index (χ4v) is 3.29. The summed E-state index contributed by atoms with van der Waals surface area (Å²) >= 11 is 0. The first-order valence-corrected chi connectivity index (χ1v) is 9.40. The fourth-order valence-electron chi connectivity index (χ4n) is 3.29. The van der Waals surface area contributed by atoms with Crippen LogP contribution in [0.2, 0.25) is 0 Å². The number of amides is 1. The van der Waals surface area contributed by atoms with Crippen molar-refractivity contribution >= 4 is 17.3 Å². The average molecular weight is 389 g/mol. The number of anilines is 2. The van der Waals surface area contributed by atoms with Gasteiger partial charge in [-0.25, -0.2) is 0 Å². The third-order valence-corrected chi connectivity index (χ3v) is 4.98. The maximum atomic E-state index is 12.4. The molecule has 0 unspecified atom stereocenters. The van der Waals surface area contributed by atoms with E-state index >= 15 is 0 Å². The van der Waals surface area contributed by atoms with Crippen molar-refractivity contribution in [3.63, 3.8) is 0 Å². The minimum Gasteiger partial charge on any atom is -0.435 e. The number of alkyl halides is 2. The number of rotatable bonds is 6. The van der Waals surface area contributed by atoms with E-state index in [0.29, 0.717) is 5.56 Å². The van der Waals surface area contributed by atoms with Crippen LogP contribution in [0.4, 0.5) is 20.2 Å². The van der Waals surface area contributed by atoms with Crippen molar-refractivity contribution in [3.05, 3.63) is 53.6 Å². The lowest BCUT2D eigenvalue weighted by Gasteiger charge is -2.35. The SMILES string of the molecule is CCN1CCN(c2ccc(NC(=O)c3ccc(OC(F)F)cc3)c(C)c2)CC1. The van der Waals surface area contributed by atoms with Gasteiger partial charge in [-0.15, -0.1) is 0 Å². The molecule has 0 atom stereocenters. The van der Waals surface area contributed by atoms with E-state index in [1.54, 1.807) is 0 Å². The Kier molecular flexibility index (Phi) is 6.46. The number of carbonyl (C=O) groups excluding carboxylic acids is 1. The lowest BCUT2D eigenvalue weighted by atomic mass is 10.1. The molecule has 2 aromatic carbocycles. The molecule has 1 heterocycles. The number of piperazine rings is 1. The van der Waals surface area contributed by atoms with E-state index in [4.69, 9.17) is 0 Å². The third-order valence-electron chi connectivity index (χ3n) is 4.98. The maximum Gasteiger partial charge on any atom is 0.387 e. The van der Waals surface area contributed by atoms with Gasteiger partial charge in [0, 0.05) is 43.1 Å². The molecule has 0 radical (unpaired) electrons. The first kappa shape index (κ1) is 20.1. The summed E-state index contributed by atoms with van der Waals surface area (Å²) in [5, 5.41) is 2.88. The van der Waals surface area contributed by atoms with Crippen LogP contribution in [0.15, 0.2) is 42.5 Å². The van der Waals surface area contributed by atoms with Crippen molar-refractivity contribution in [2.24, 2.45) is 0 Å². The van der Waals surface area contributed by atoms with Crippen molar-refractivity contribution in [2.75, 3.05) is 42.9 Å². The van der Waals surface area contributed by atoms with Gasteiger partial charge in [-0.2, -0.15) is 8.78 Å². The number of likely N-dealkylation sites (N-methyl/N-ethyl adjacent to an activating group) is 1. The van der Waals surface area contributed by atoms with Gasteiger partial charge in [-0.1, -0.05) is 6.92 Å². The standard InChI is InChI=1S/C21H25F2N3O2/c1-3-25-10-12-26(13-11-25)17-6-9-19(15(2)14-17)24-20(27)16-4-7-18(8-5-16)28-21(22)23/h4-9,14,21H,3,10-13H2,1-2H3,(H,24,27). The number of halogens is 2. The highest BCUT2D eigenvalue weighted by molar-refractivity contribution is 6.04. The second-order valence-corrected chi connectivity index (χ2v) is 6.78. The molecule has 150 valence electrons. The van der Waals surface area contributed by atoms with Gasteiger partial charge in [0.1, 0.15) is 5.75 Å². The second-order valence-electron chi connectivity index (χ2n) is 6.78. The van der Waals surface area contributed by atoms with E-state index in [9.17, 15) is 13.6 Å². The molecular weight excluding hydrogens is 364 g/mol. The summed E-state index contributed by atoms with van der Waals surface area (Å²) in [6.07, 6.45) is 0. The molecule has 28 heavy (non-hydrogen) atoms. The first-order chi connectivity index (χ1) is 13.5. The molecule has 1 N–H and O–H groups in total. The van der Waals surface area contributed by atoms with E-state index in [2.05, 4.69) is 32.8 Å². The van der Waals surface area contributed by atoms with Gasteiger partial charge in [0.2, 0.25) is 0 Å². The molecule has 0 aliphatic carbocycles. The van der Waals surface area contributed by atoms with Gasteiger partial charge >= 0.3 is 6.61 Å². The van der Waals surface area contributed by atoms with E-state index in [-0.39, 0.29) is 11.7 Å². The molecular formula is C21H25F2N3O2. The summed E-state index contributed by atoms with van der Waals surface area (Å²) in [6, 6.07) is 11.6. The lowest BCUT2D eigenvalue weighted by Crippen LogP contribution is -2.46. The molecule has 7 heteroatoms. The summed E-state index contributed by atoms with van der Waals surface area (Å²) < 4.78 is 28.7. The lowest BCUT2D eigenvalue weighted by molar-refractivity contribution is -0.0498. The van der Waals surface area contributed by atoms with Gasteiger partial charge in [-0.05, 0) is 61.5 Å². The number of benzene rings is 2.